The van der Waals surface area contributed by atoms with E-state index >= 15 is 0 Å². The Labute approximate surface area is 190 Å². The summed E-state index contributed by atoms with van der Waals surface area (Å²) < 4.78 is 27.6. The van der Waals surface area contributed by atoms with Crippen molar-refractivity contribution in [2.75, 3.05) is 11.9 Å². The van der Waals surface area contributed by atoms with Crippen LogP contribution in [-0.4, -0.2) is 37.0 Å². The van der Waals surface area contributed by atoms with Crippen LogP contribution in [0.1, 0.15) is 36.4 Å². The molecule has 1 N–H and O–H groups in total. The minimum Gasteiger partial charge on any atom is -0.493 e. The van der Waals surface area contributed by atoms with Gasteiger partial charge in [0.25, 0.3) is 0 Å². The molecule has 33 heavy (non-hydrogen) atoms. The molecule has 4 heterocycles. The fourth-order valence-corrected chi connectivity index (χ4v) is 4.07. The highest BCUT2D eigenvalue weighted by molar-refractivity contribution is 5.79. The van der Waals surface area contributed by atoms with Crippen molar-refractivity contribution in [1.29, 1.82) is 0 Å². The van der Waals surface area contributed by atoms with Gasteiger partial charge in [-0.2, -0.15) is 4.98 Å². The third-order valence-corrected chi connectivity index (χ3v) is 5.56. The molecular formula is C24H25FN6O2. The van der Waals surface area contributed by atoms with Gasteiger partial charge in [-0.25, -0.2) is 19.3 Å². The lowest BCUT2D eigenvalue weighted by Crippen LogP contribution is -2.10. The molecule has 0 aliphatic carbocycles. The van der Waals surface area contributed by atoms with Gasteiger partial charge in [0, 0.05) is 53.8 Å². The molecular weight excluding hydrogens is 423 g/mol. The van der Waals surface area contributed by atoms with Gasteiger partial charge in [-0.1, -0.05) is 0 Å². The number of nitrogens with zero attached hydrogens (tertiary/aromatic N) is 5. The molecule has 0 bridgehead atoms. The van der Waals surface area contributed by atoms with E-state index in [0.717, 1.165) is 39.5 Å². The number of halogens is 1. The first-order valence-corrected chi connectivity index (χ1v) is 10.9. The van der Waals surface area contributed by atoms with E-state index < -0.39 is 0 Å². The Morgan fingerprint density at radius 1 is 1.15 bits per heavy atom. The predicted molar refractivity (Wildman–Crippen MR) is 122 cm³/mol. The third-order valence-electron chi connectivity index (χ3n) is 5.56. The number of hydrogen-bond acceptors (Lipinski definition) is 7. The van der Waals surface area contributed by atoms with Gasteiger partial charge < -0.3 is 14.8 Å². The number of aryl methyl sites for hydroxylation is 2. The third kappa shape index (κ3) is 3.94. The number of rotatable bonds is 6. The van der Waals surface area contributed by atoms with Crippen LogP contribution in [-0.2, 0) is 13.0 Å². The summed E-state index contributed by atoms with van der Waals surface area (Å²) >= 11 is 0. The number of nitrogens with one attached hydrogen (secondary N) is 1. The molecule has 0 saturated heterocycles. The molecule has 1 aromatic carbocycles. The van der Waals surface area contributed by atoms with Gasteiger partial charge >= 0.3 is 6.01 Å². The fraction of sp³-hybridized carbons (Fsp3) is 0.333. The molecule has 5 rings (SSSR count). The van der Waals surface area contributed by atoms with Crippen molar-refractivity contribution in [3.8, 4) is 22.9 Å². The second-order valence-corrected chi connectivity index (χ2v) is 8.34. The maximum atomic E-state index is 14.5. The fourth-order valence-electron chi connectivity index (χ4n) is 4.07. The molecule has 9 heteroatoms. The number of imidazole rings is 1. The van der Waals surface area contributed by atoms with Gasteiger partial charge in [0.2, 0.25) is 5.95 Å². The largest absolute Gasteiger partial charge is 0.493 e. The second-order valence-electron chi connectivity index (χ2n) is 8.34. The number of anilines is 1. The maximum absolute atomic E-state index is 14.5. The molecule has 8 nitrogen and oxygen atoms in total. The van der Waals surface area contributed by atoms with Crippen LogP contribution in [0.15, 0.2) is 30.7 Å². The first-order valence-electron chi connectivity index (χ1n) is 10.9. The summed E-state index contributed by atoms with van der Waals surface area (Å²) in [6.45, 7) is 8.56. The average molecular weight is 449 g/mol. The van der Waals surface area contributed by atoms with Crippen molar-refractivity contribution in [3.05, 3.63) is 59.1 Å². The molecule has 0 spiro atoms. The highest BCUT2D eigenvalue weighted by Crippen LogP contribution is 2.31. The topological polar surface area (TPSA) is 86.5 Å². The van der Waals surface area contributed by atoms with Crippen LogP contribution in [0.25, 0.3) is 16.8 Å². The van der Waals surface area contributed by atoms with E-state index in [4.69, 9.17) is 14.5 Å². The van der Waals surface area contributed by atoms with Crippen LogP contribution in [0.3, 0.4) is 0 Å². The zero-order chi connectivity index (χ0) is 23.1. The van der Waals surface area contributed by atoms with Gasteiger partial charge in [-0.15, -0.1) is 0 Å². The Balaban J connectivity index is 1.49. The van der Waals surface area contributed by atoms with Crippen LogP contribution in [0, 0.1) is 19.7 Å². The molecule has 0 unspecified atom stereocenters. The average Bonchev–Trinajstić information content (AvgIpc) is 3.39. The van der Waals surface area contributed by atoms with Crippen LogP contribution in [0.4, 0.5) is 10.3 Å². The van der Waals surface area contributed by atoms with E-state index in [9.17, 15) is 4.39 Å². The second kappa shape index (κ2) is 8.31. The van der Waals surface area contributed by atoms with E-state index in [0.29, 0.717) is 37.1 Å². The Hall–Kier alpha value is -3.75. The minimum atomic E-state index is -0.252. The van der Waals surface area contributed by atoms with E-state index in [-0.39, 0.29) is 11.9 Å². The highest BCUT2D eigenvalue weighted by atomic mass is 19.1. The lowest BCUT2D eigenvalue weighted by Gasteiger charge is -2.14. The predicted octanol–water partition coefficient (Wildman–Crippen LogP) is 4.28. The molecule has 170 valence electrons. The molecule has 4 aromatic rings. The van der Waals surface area contributed by atoms with Crippen LogP contribution in [0.5, 0.6) is 11.8 Å². The maximum Gasteiger partial charge on any atom is 0.316 e. The number of benzene rings is 1. The van der Waals surface area contributed by atoms with Crippen molar-refractivity contribution in [3.63, 3.8) is 0 Å². The van der Waals surface area contributed by atoms with Gasteiger partial charge in [0.1, 0.15) is 17.2 Å². The van der Waals surface area contributed by atoms with Crippen LogP contribution >= 0.6 is 0 Å². The first kappa shape index (κ1) is 21.1. The molecule has 1 aliphatic rings. The van der Waals surface area contributed by atoms with Gasteiger partial charge in [-0.05, 0) is 39.8 Å². The lowest BCUT2D eigenvalue weighted by molar-refractivity contribution is 0.221. The molecule has 0 atom stereocenters. The van der Waals surface area contributed by atoms with Crippen molar-refractivity contribution in [2.24, 2.45) is 0 Å². The molecule has 0 saturated carbocycles. The van der Waals surface area contributed by atoms with Gasteiger partial charge in [0.15, 0.2) is 0 Å². The number of fused-ring (bicyclic) bond motifs is 2. The van der Waals surface area contributed by atoms with E-state index in [1.807, 2.05) is 38.3 Å². The quantitative estimate of drug-likeness (QED) is 0.471. The Morgan fingerprint density at radius 3 is 2.76 bits per heavy atom. The van der Waals surface area contributed by atoms with Crippen molar-refractivity contribution < 1.29 is 13.9 Å². The molecule has 0 fully saturated rings. The minimum absolute atomic E-state index is 0.00817. The van der Waals surface area contributed by atoms with Crippen molar-refractivity contribution in [1.82, 2.24) is 24.3 Å². The normalized spacial score (nSPS) is 12.8. The first-order chi connectivity index (χ1) is 15.9. The summed E-state index contributed by atoms with van der Waals surface area (Å²) in [4.78, 5) is 18.1. The Morgan fingerprint density at radius 2 is 1.97 bits per heavy atom. The number of hydrogen-bond donors (Lipinski definition) is 1. The summed E-state index contributed by atoms with van der Waals surface area (Å²) in [6, 6.07) is 3.48. The smallest absolute Gasteiger partial charge is 0.316 e. The van der Waals surface area contributed by atoms with Crippen LogP contribution in [0.2, 0.25) is 0 Å². The highest BCUT2D eigenvalue weighted by Gasteiger charge is 2.20. The van der Waals surface area contributed by atoms with Crippen molar-refractivity contribution in [2.45, 2.75) is 46.8 Å². The summed E-state index contributed by atoms with van der Waals surface area (Å²) in [7, 11) is 0. The lowest BCUT2D eigenvalue weighted by atomic mass is 10.0. The Bertz CT molecular complexity index is 1350. The van der Waals surface area contributed by atoms with Crippen LogP contribution < -0.4 is 14.8 Å². The monoisotopic (exact) mass is 448 g/mol. The summed E-state index contributed by atoms with van der Waals surface area (Å²) in [6.07, 6.45) is 6.07. The number of aromatic nitrogens is 5. The summed E-state index contributed by atoms with van der Waals surface area (Å²) in [5, 5.41) is 3.28. The zero-order valence-electron chi connectivity index (χ0n) is 19.0. The standard InChI is InChI=1S/C24H25FN6O2/c1-13(2)33-24-28-9-17(15(4)30-24)19-11-27-23(31-12-14(3)29-22(19)31)26-10-18-16-7-8-32-21(16)6-5-20(18)25/h5-6,9,11-13H,7-8,10H2,1-4H3,(H,26,27). The Kier molecular flexibility index (Phi) is 5.32. The van der Waals surface area contributed by atoms with E-state index in [2.05, 4.69) is 20.3 Å². The van der Waals surface area contributed by atoms with Gasteiger partial charge in [0.05, 0.1) is 24.1 Å². The molecule has 1 aliphatic heterocycles. The van der Waals surface area contributed by atoms with Gasteiger partial charge in [-0.3, -0.25) is 4.40 Å². The van der Waals surface area contributed by atoms with Crippen molar-refractivity contribution >= 4 is 11.6 Å². The molecule has 3 aromatic heterocycles. The molecule has 0 amide bonds. The summed E-state index contributed by atoms with van der Waals surface area (Å²) in [5.74, 6) is 1.07. The van der Waals surface area contributed by atoms with E-state index in [1.165, 1.54) is 6.07 Å². The SMILES string of the molecule is Cc1cn2c(NCc3c(F)ccc4c3CCO4)ncc(-c3cnc(OC(C)C)nc3C)c2n1. The number of ether oxygens (including phenoxy) is 2. The summed E-state index contributed by atoms with van der Waals surface area (Å²) in [5.41, 5.74) is 5.47. The van der Waals surface area contributed by atoms with E-state index in [1.54, 1.807) is 18.5 Å². The molecule has 0 radical (unpaired) electrons. The zero-order valence-corrected chi connectivity index (χ0v) is 19.0.